The maximum absolute atomic E-state index is 12.4. The van der Waals surface area contributed by atoms with Gasteiger partial charge in [0.05, 0.1) is 5.92 Å². The zero-order valence-corrected chi connectivity index (χ0v) is 16.6. The van der Waals surface area contributed by atoms with E-state index >= 15 is 0 Å². The van der Waals surface area contributed by atoms with Gasteiger partial charge in [-0.2, -0.15) is 0 Å². The van der Waals surface area contributed by atoms with Crippen LogP contribution in [0.4, 0.5) is 0 Å². The summed E-state index contributed by atoms with van der Waals surface area (Å²) in [5.74, 6) is -0.00800. The molecule has 6 nitrogen and oxygen atoms in total. The molecule has 0 spiro atoms. The van der Waals surface area contributed by atoms with Gasteiger partial charge in [-0.05, 0) is 31.2 Å². The lowest BCUT2D eigenvalue weighted by molar-refractivity contribution is -0.131. The van der Waals surface area contributed by atoms with Gasteiger partial charge < -0.3 is 15.1 Å². The number of nitrogens with zero attached hydrogens (tertiary/aromatic N) is 2. The minimum Gasteiger partial charge on any atom is -0.356 e. The highest BCUT2D eigenvalue weighted by Gasteiger charge is 2.33. The molecule has 2 fully saturated rings. The lowest BCUT2D eigenvalue weighted by atomic mass is 10.1. The second kappa shape index (κ2) is 10.2. The molecule has 1 N–H and O–H groups in total. The van der Waals surface area contributed by atoms with Crippen molar-refractivity contribution in [2.24, 2.45) is 5.92 Å². The summed E-state index contributed by atoms with van der Waals surface area (Å²) in [5, 5.41) is 2.95. The highest BCUT2D eigenvalue weighted by molar-refractivity contribution is 5.89. The van der Waals surface area contributed by atoms with Crippen molar-refractivity contribution in [3.05, 3.63) is 35.9 Å². The molecule has 2 heterocycles. The van der Waals surface area contributed by atoms with Crippen LogP contribution >= 0.6 is 0 Å². The lowest BCUT2D eigenvalue weighted by Gasteiger charge is -2.20. The number of carbonyl (C=O) groups is 3. The van der Waals surface area contributed by atoms with E-state index in [9.17, 15) is 14.4 Å². The van der Waals surface area contributed by atoms with Gasteiger partial charge in [0.1, 0.15) is 0 Å². The summed E-state index contributed by atoms with van der Waals surface area (Å²) in [6.45, 7) is 3.25. The molecule has 0 aliphatic carbocycles. The van der Waals surface area contributed by atoms with Crippen molar-refractivity contribution < 1.29 is 14.4 Å². The van der Waals surface area contributed by atoms with Crippen molar-refractivity contribution in [3.63, 3.8) is 0 Å². The monoisotopic (exact) mass is 385 g/mol. The number of likely N-dealkylation sites (tertiary alicyclic amines) is 2. The number of hydrogen-bond donors (Lipinski definition) is 1. The molecule has 2 saturated heterocycles. The Hall–Kier alpha value is -2.37. The molecule has 0 aromatic heterocycles. The molecule has 3 rings (SSSR count). The largest absolute Gasteiger partial charge is 0.356 e. The SMILES string of the molecule is O=C(NCCCN1CCCCCC1=O)C1CC(=O)N(CCc2ccccc2)C1. The first-order valence-electron chi connectivity index (χ1n) is 10.5. The highest BCUT2D eigenvalue weighted by atomic mass is 16.2. The van der Waals surface area contributed by atoms with E-state index < -0.39 is 0 Å². The molecule has 28 heavy (non-hydrogen) atoms. The fourth-order valence-electron chi connectivity index (χ4n) is 3.97. The third-order valence-corrected chi connectivity index (χ3v) is 5.67. The van der Waals surface area contributed by atoms with Gasteiger partial charge in [-0.1, -0.05) is 36.8 Å². The summed E-state index contributed by atoms with van der Waals surface area (Å²) in [5.41, 5.74) is 1.20. The molecule has 6 heteroatoms. The van der Waals surface area contributed by atoms with Crippen LogP contribution in [0.1, 0.15) is 44.1 Å². The number of nitrogens with one attached hydrogen (secondary N) is 1. The van der Waals surface area contributed by atoms with Gasteiger partial charge in [-0.25, -0.2) is 0 Å². The molecule has 2 aliphatic heterocycles. The maximum atomic E-state index is 12.4. The lowest BCUT2D eigenvalue weighted by Crippen LogP contribution is -2.36. The van der Waals surface area contributed by atoms with E-state index in [1.54, 1.807) is 4.90 Å². The van der Waals surface area contributed by atoms with Crippen molar-refractivity contribution in [1.82, 2.24) is 15.1 Å². The first-order chi connectivity index (χ1) is 13.6. The smallest absolute Gasteiger partial charge is 0.225 e. The Labute approximate surface area is 167 Å². The normalized spacial score (nSPS) is 20.4. The number of benzene rings is 1. The van der Waals surface area contributed by atoms with Crippen LogP contribution in [0.15, 0.2) is 30.3 Å². The van der Waals surface area contributed by atoms with Crippen molar-refractivity contribution in [3.8, 4) is 0 Å². The summed E-state index contributed by atoms with van der Waals surface area (Å²) in [6, 6.07) is 10.1. The van der Waals surface area contributed by atoms with E-state index in [0.29, 0.717) is 39.0 Å². The third kappa shape index (κ3) is 5.81. The van der Waals surface area contributed by atoms with E-state index in [1.165, 1.54) is 5.56 Å². The van der Waals surface area contributed by atoms with Crippen molar-refractivity contribution >= 4 is 17.7 Å². The van der Waals surface area contributed by atoms with Crippen LogP contribution in [-0.4, -0.2) is 60.2 Å². The second-order valence-electron chi connectivity index (χ2n) is 7.81. The first kappa shape index (κ1) is 20.4. The molecule has 1 unspecified atom stereocenters. The Morgan fingerprint density at radius 1 is 1.00 bits per heavy atom. The van der Waals surface area contributed by atoms with Gasteiger partial charge in [-0.15, -0.1) is 0 Å². The van der Waals surface area contributed by atoms with Gasteiger partial charge in [-0.3, -0.25) is 14.4 Å². The van der Waals surface area contributed by atoms with E-state index in [0.717, 1.165) is 38.6 Å². The average molecular weight is 386 g/mol. The zero-order valence-electron chi connectivity index (χ0n) is 16.6. The summed E-state index contributed by atoms with van der Waals surface area (Å²) < 4.78 is 0. The van der Waals surface area contributed by atoms with Crippen LogP contribution < -0.4 is 5.32 Å². The van der Waals surface area contributed by atoms with E-state index in [4.69, 9.17) is 0 Å². The van der Waals surface area contributed by atoms with Gasteiger partial charge >= 0.3 is 0 Å². The molecule has 1 atom stereocenters. The minimum atomic E-state index is -0.261. The van der Waals surface area contributed by atoms with E-state index in [-0.39, 0.29) is 23.6 Å². The molecule has 1 aromatic rings. The van der Waals surface area contributed by atoms with Crippen molar-refractivity contribution in [2.75, 3.05) is 32.7 Å². The zero-order chi connectivity index (χ0) is 19.8. The second-order valence-corrected chi connectivity index (χ2v) is 7.81. The molecule has 1 aromatic carbocycles. The highest BCUT2D eigenvalue weighted by Crippen LogP contribution is 2.18. The summed E-state index contributed by atoms with van der Waals surface area (Å²) in [6.07, 6.45) is 5.69. The van der Waals surface area contributed by atoms with Crippen LogP contribution in [0.3, 0.4) is 0 Å². The standard InChI is InChI=1S/C22H31N3O3/c26-20-10-5-2-6-13-24(20)14-7-12-23-22(28)19-16-21(27)25(17-19)15-11-18-8-3-1-4-9-18/h1,3-4,8-9,19H,2,5-7,10-17H2,(H,23,28). The third-order valence-electron chi connectivity index (χ3n) is 5.67. The Morgan fingerprint density at radius 3 is 2.64 bits per heavy atom. The quantitative estimate of drug-likeness (QED) is 0.696. The van der Waals surface area contributed by atoms with E-state index in [2.05, 4.69) is 17.4 Å². The van der Waals surface area contributed by atoms with Gasteiger partial charge in [0.15, 0.2) is 0 Å². The van der Waals surface area contributed by atoms with Crippen LogP contribution in [-0.2, 0) is 20.8 Å². The fourth-order valence-corrected chi connectivity index (χ4v) is 3.97. The van der Waals surface area contributed by atoms with Crippen LogP contribution in [0.25, 0.3) is 0 Å². The minimum absolute atomic E-state index is 0.0437. The Bertz CT molecular complexity index is 677. The number of amides is 3. The molecular weight excluding hydrogens is 354 g/mol. The van der Waals surface area contributed by atoms with Gasteiger partial charge in [0.2, 0.25) is 17.7 Å². The predicted octanol–water partition coefficient (Wildman–Crippen LogP) is 1.99. The molecule has 0 saturated carbocycles. The summed E-state index contributed by atoms with van der Waals surface area (Å²) >= 11 is 0. The van der Waals surface area contributed by atoms with Crippen molar-refractivity contribution in [2.45, 2.75) is 44.9 Å². The fraction of sp³-hybridized carbons (Fsp3) is 0.591. The predicted molar refractivity (Wildman–Crippen MR) is 108 cm³/mol. The van der Waals surface area contributed by atoms with Crippen LogP contribution in [0.5, 0.6) is 0 Å². The van der Waals surface area contributed by atoms with Crippen LogP contribution in [0, 0.1) is 5.92 Å². The molecule has 3 amide bonds. The van der Waals surface area contributed by atoms with Crippen LogP contribution in [0.2, 0.25) is 0 Å². The molecular formula is C22H31N3O3. The molecule has 0 bridgehead atoms. The average Bonchev–Trinajstić information content (AvgIpc) is 2.96. The maximum Gasteiger partial charge on any atom is 0.225 e. The van der Waals surface area contributed by atoms with Crippen molar-refractivity contribution in [1.29, 1.82) is 0 Å². The Balaban J connectivity index is 1.35. The summed E-state index contributed by atoms with van der Waals surface area (Å²) in [7, 11) is 0. The number of hydrogen-bond acceptors (Lipinski definition) is 3. The number of carbonyl (C=O) groups excluding carboxylic acids is 3. The Morgan fingerprint density at radius 2 is 1.82 bits per heavy atom. The Kier molecular flexibility index (Phi) is 7.46. The molecule has 152 valence electrons. The first-order valence-corrected chi connectivity index (χ1v) is 10.5. The molecule has 2 aliphatic rings. The number of rotatable bonds is 8. The van der Waals surface area contributed by atoms with E-state index in [1.807, 2.05) is 23.1 Å². The van der Waals surface area contributed by atoms with Gasteiger partial charge in [0, 0.05) is 45.6 Å². The summed E-state index contributed by atoms with van der Waals surface area (Å²) in [4.78, 5) is 40.3. The topological polar surface area (TPSA) is 69.7 Å². The van der Waals surface area contributed by atoms with Gasteiger partial charge in [0.25, 0.3) is 0 Å². The molecule has 0 radical (unpaired) electrons.